The van der Waals surface area contributed by atoms with Crippen LogP contribution in [0.3, 0.4) is 0 Å². The molecular formula is C23H38O3. The second-order valence-electron chi connectivity index (χ2n) is 7.70. The summed E-state index contributed by atoms with van der Waals surface area (Å²) in [4.78, 5) is 10.2. The third-order valence-electron chi connectivity index (χ3n) is 5.17. The van der Waals surface area contributed by atoms with Crippen molar-refractivity contribution in [3.63, 3.8) is 0 Å². The molecule has 1 unspecified atom stereocenters. The van der Waals surface area contributed by atoms with E-state index in [1.807, 2.05) is 0 Å². The molecule has 26 heavy (non-hydrogen) atoms. The minimum atomic E-state index is -1.16. The first-order valence-corrected chi connectivity index (χ1v) is 10.5. The van der Waals surface area contributed by atoms with Crippen molar-refractivity contribution in [3.8, 4) is 0 Å². The van der Waals surface area contributed by atoms with Crippen molar-refractivity contribution in [2.45, 2.75) is 90.4 Å². The third kappa shape index (κ3) is 11.2. The predicted molar refractivity (Wildman–Crippen MR) is 109 cm³/mol. The predicted octanol–water partition coefficient (Wildman–Crippen LogP) is 7.41. The quantitative estimate of drug-likeness (QED) is 0.261. The van der Waals surface area contributed by atoms with Gasteiger partial charge in [0.25, 0.3) is 0 Å². The maximum atomic E-state index is 10.2. The smallest absolute Gasteiger partial charge is 0.450 e. The number of benzene rings is 1. The Hall–Kier alpha value is -1.51. The maximum absolute atomic E-state index is 10.2. The van der Waals surface area contributed by atoms with E-state index in [1.54, 1.807) is 0 Å². The van der Waals surface area contributed by atoms with Crippen molar-refractivity contribution in [2.24, 2.45) is 5.92 Å². The summed E-state index contributed by atoms with van der Waals surface area (Å²) < 4.78 is 4.50. The van der Waals surface area contributed by atoms with Gasteiger partial charge in [-0.2, -0.15) is 0 Å². The number of carboxylic acid groups (broad SMARTS) is 1. The van der Waals surface area contributed by atoms with Gasteiger partial charge in [-0.05, 0) is 30.2 Å². The number of hydrogen-bond donors (Lipinski definition) is 1. The van der Waals surface area contributed by atoms with Gasteiger partial charge in [0.15, 0.2) is 0 Å². The van der Waals surface area contributed by atoms with Gasteiger partial charge >= 0.3 is 6.16 Å². The number of carbonyl (C=O) groups is 1. The number of hydrogen-bond acceptors (Lipinski definition) is 2. The lowest BCUT2D eigenvalue weighted by Gasteiger charge is -2.21. The molecule has 1 rings (SSSR count). The molecule has 1 atom stereocenters. The highest BCUT2D eigenvalue weighted by atomic mass is 16.7. The first kappa shape index (κ1) is 22.5. The summed E-state index contributed by atoms with van der Waals surface area (Å²) in [6, 6.07) is 11.0. The molecule has 0 saturated carbocycles. The van der Waals surface area contributed by atoms with Crippen molar-refractivity contribution in [3.05, 3.63) is 35.9 Å². The SMILES string of the molecule is CC(C)C(CCCCCCCCCCCCOC(=O)O)c1ccccc1. The van der Waals surface area contributed by atoms with Crippen LogP contribution in [0.2, 0.25) is 0 Å². The van der Waals surface area contributed by atoms with E-state index in [2.05, 4.69) is 48.9 Å². The van der Waals surface area contributed by atoms with E-state index in [0.717, 1.165) is 12.8 Å². The molecular weight excluding hydrogens is 324 g/mol. The standard InChI is InChI=1S/C23H38O3/c1-20(2)22(21-16-12-11-13-17-21)18-14-9-7-5-3-4-6-8-10-15-19-26-23(24)25/h11-13,16-17,20,22H,3-10,14-15,18-19H2,1-2H3,(H,24,25). The van der Waals surface area contributed by atoms with Gasteiger partial charge in [-0.1, -0.05) is 102 Å². The van der Waals surface area contributed by atoms with Crippen LogP contribution >= 0.6 is 0 Å². The Balaban J connectivity index is 1.95. The lowest BCUT2D eigenvalue weighted by Crippen LogP contribution is -2.06. The van der Waals surface area contributed by atoms with Crippen molar-refractivity contribution in [1.29, 1.82) is 0 Å². The van der Waals surface area contributed by atoms with Gasteiger partial charge in [-0.3, -0.25) is 0 Å². The fourth-order valence-corrected chi connectivity index (χ4v) is 3.63. The molecule has 1 aromatic rings. The molecule has 0 aliphatic carbocycles. The van der Waals surface area contributed by atoms with Crippen LogP contribution in [-0.4, -0.2) is 17.9 Å². The molecule has 0 heterocycles. The minimum Gasteiger partial charge on any atom is -0.450 e. The Morgan fingerprint density at radius 2 is 1.35 bits per heavy atom. The molecule has 0 aromatic heterocycles. The molecule has 0 bridgehead atoms. The summed E-state index contributed by atoms with van der Waals surface area (Å²) in [7, 11) is 0. The first-order valence-electron chi connectivity index (χ1n) is 10.5. The van der Waals surface area contributed by atoms with Crippen LogP contribution in [0.15, 0.2) is 30.3 Å². The fourth-order valence-electron chi connectivity index (χ4n) is 3.63. The summed E-state index contributed by atoms with van der Waals surface area (Å²) >= 11 is 0. The summed E-state index contributed by atoms with van der Waals surface area (Å²) in [5, 5.41) is 8.37. The topological polar surface area (TPSA) is 46.5 Å². The zero-order valence-electron chi connectivity index (χ0n) is 16.8. The average Bonchev–Trinajstić information content (AvgIpc) is 2.62. The zero-order valence-corrected chi connectivity index (χ0v) is 16.8. The molecule has 0 spiro atoms. The minimum absolute atomic E-state index is 0.343. The van der Waals surface area contributed by atoms with Crippen molar-refractivity contribution >= 4 is 6.16 Å². The lowest BCUT2D eigenvalue weighted by atomic mass is 9.84. The first-order chi connectivity index (χ1) is 12.6. The molecule has 148 valence electrons. The van der Waals surface area contributed by atoms with E-state index in [9.17, 15) is 4.79 Å². The highest BCUT2D eigenvalue weighted by Crippen LogP contribution is 2.29. The summed E-state index contributed by atoms with van der Waals surface area (Å²) in [6.07, 6.45) is 12.5. The molecule has 3 heteroatoms. The summed E-state index contributed by atoms with van der Waals surface area (Å²) in [5.41, 5.74) is 1.50. The van der Waals surface area contributed by atoms with Crippen molar-refractivity contribution < 1.29 is 14.6 Å². The van der Waals surface area contributed by atoms with Crippen LogP contribution in [0.25, 0.3) is 0 Å². The summed E-state index contributed by atoms with van der Waals surface area (Å²) in [6.45, 7) is 5.02. The van der Waals surface area contributed by atoms with E-state index in [0.29, 0.717) is 18.4 Å². The monoisotopic (exact) mass is 362 g/mol. The molecule has 0 amide bonds. The Labute approximate surface area is 160 Å². The second-order valence-corrected chi connectivity index (χ2v) is 7.70. The number of ether oxygens (including phenoxy) is 1. The molecule has 3 nitrogen and oxygen atoms in total. The van der Waals surface area contributed by atoms with Gasteiger partial charge in [0, 0.05) is 0 Å². The van der Waals surface area contributed by atoms with Gasteiger partial charge in [0.05, 0.1) is 6.61 Å². The van der Waals surface area contributed by atoms with Crippen LogP contribution in [0.5, 0.6) is 0 Å². The molecule has 0 aliphatic rings. The normalized spacial score (nSPS) is 12.3. The average molecular weight is 363 g/mol. The number of rotatable bonds is 15. The second kappa shape index (κ2) is 14.6. The van der Waals surface area contributed by atoms with Gasteiger partial charge in [-0.15, -0.1) is 0 Å². The van der Waals surface area contributed by atoms with Crippen LogP contribution in [-0.2, 0) is 4.74 Å². The Morgan fingerprint density at radius 3 is 1.85 bits per heavy atom. The molecule has 1 N–H and O–H groups in total. The van der Waals surface area contributed by atoms with Gasteiger partial charge in [-0.25, -0.2) is 4.79 Å². The highest BCUT2D eigenvalue weighted by Gasteiger charge is 2.14. The van der Waals surface area contributed by atoms with Crippen LogP contribution in [0.1, 0.15) is 96.0 Å². The highest BCUT2D eigenvalue weighted by molar-refractivity contribution is 5.56. The van der Waals surface area contributed by atoms with Gasteiger partial charge < -0.3 is 9.84 Å². The summed E-state index contributed by atoms with van der Waals surface area (Å²) in [5.74, 6) is 1.40. The van der Waals surface area contributed by atoms with Crippen molar-refractivity contribution in [2.75, 3.05) is 6.61 Å². The molecule has 0 saturated heterocycles. The molecule has 0 aliphatic heterocycles. The van der Waals surface area contributed by atoms with E-state index >= 15 is 0 Å². The van der Waals surface area contributed by atoms with Crippen molar-refractivity contribution in [1.82, 2.24) is 0 Å². The van der Waals surface area contributed by atoms with Crippen LogP contribution in [0.4, 0.5) is 4.79 Å². The Kier molecular flexibility index (Phi) is 12.7. The van der Waals surface area contributed by atoms with E-state index < -0.39 is 6.16 Å². The molecule has 0 fully saturated rings. The third-order valence-corrected chi connectivity index (χ3v) is 5.17. The zero-order chi connectivity index (χ0) is 19.0. The van der Waals surface area contributed by atoms with E-state index in [-0.39, 0.29) is 0 Å². The Bertz CT molecular complexity index is 456. The largest absolute Gasteiger partial charge is 0.505 e. The lowest BCUT2D eigenvalue weighted by molar-refractivity contribution is 0.0899. The maximum Gasteiger partial charge on any atom is 0.505 e. The number of unbranched alkanes of at least 4 members (excludes halogenated alkanes) is 9. The molecule has 0 radical (unpaired) electrons. The van der Waals surface area contributed by atoms with Gasteiger partial charge in [0.1, 0.15) is 0 Å². The molecule has 1 aromatic carbocycles. The van der Waals surface area contributed by atoms with Gasteiger partial charge in [0.2, 0.25) is 0 Å². The van der Waals surface area contributed by atoms with Crippen LogP contribution in [0, 0.1) is 5.92 Å². The van der Waals surface area contributed by atoms with E-state index in [4.69, 9.17) is 5.11 Å². The van der Waals surface area contributed by atoms with Crippen LogP contribution < -0.4 is 0 Å². The fraction of sp³-hybridized carbons (Fsp3) is 0.696. The Morgan fingerprint density at radius 1 is 0.846 bits per heavy atom. The van der Waals surface area contributed by atoms with E-state index in [1.165, 1.54) is 63.4 Å².